The lowest BCUT2D eigenvalue weighted by Crippen LogP contribution is -2.51. The SMILES string of the molecule is N=CN(CC(O)(c1ccc(F)cc1F)C(F)(F)c1ccc(COc2ccc(C(F)(F)F)cn2)cn1)N=N. The van der Waals surface area contributed by atoms with Gasteiger partial charge in [-0.1, -0.05) is 11.3 Å². The molecule has 3 N–H and O–H groups in total. The average molecular weight is 530 g/mol. The summed E-state index contributed by atoms with van der Waals surface area (Å²) in [7, 11) is 0. The summed E-state index contributed by atoms with van der Waals surface area (Å²) in [5, 5.41) is 21.3. The van der Waals surface area contributed by atoms with Crippen molar-refractivity contribution in [3.05, 3.63) is 88.9 Å². The molecule has 1 atom stereocenters. The van der Waals surface area contributed by atoms with Crippen molar-refractivity contribution >= 4 is 6.34 Å². The Morgan fingerprint density at radius 1 is 1.00 bits per heavy atom. The molecule has 0 aliphatic heterocycles. The van der Waals surface area contributed by atoms with Gasteiger partial charge in [-0.05, 0) is 24.3 Å². The molecule has 2 aromatic heterocycles. The van der Waals surface area contributed by atoms with Crippen LogP contribution in [-0.4, -0.2) is 33.0 Å². The van der Waals surface area contributed by atoms with E-state index in [1.54, 1.807) is 0 Å². The van der Waals surface area contributed by atoms with E-state index in [4.69, 9.17) is 15.7 Å². The molecule has 0 fully saturated rings. The molecule has 1 unspecified atom stereocenters. The number of alkyl halides is 5. The van der Waals surface area contributed by atoms with Crippen molar-refractivity contribution in [1.82, 2.24) is 15.0 Å². The van der Waals surface area contributed by atoms with Crippen LogP contribution in [0.3, 0.4) is 0 Å². The average Bonchev–Trinajstić information content (AvgIpc) is 2.85. The van der Waals surface area contributed by atoms with Crippen LogP contribution >= 0.6 is 0 Å². The highest BCUT2D eigenvalue weighted by Gasteiger charge is 2.58. The van der Waals surface area contributed by atoms with E-state index >= 15 is 8.78 Å². The molecule has 0 amide bonds. The normalized spacial score (nSPS) is 13.5. The molecule has 0 saturated heterocycles. The van der Waals surface area contributed by atoms with Crippen molar-refractivity contribution in [3.63, 3.8) is 0 Å². The van der Waals surface area contributed by atoms with Crippen LogP contribution in [0.4, 0.5) is 30.7 Å². The summed E-state index contributed by atoms with van der Waals surface area (Å²) in [6.07, 6.45) is -2.75. The Kier molecular flexibility index (Phi) is 7.76. The molecule has 37 heavy (non-hydrogen) atoms. The monoisotopic (exact) mass is 530 g/mol. The van der Waals surface area contributed by atoms with Gasteiger partial charge in [0.1, 0.15) is 30.3 Å². The number of halogens is 7. The van der Waals surface area contributed by atoms with Gasteiger partial charge in [0.25, 0.3) is 0 Å². The van der Waals surface area contributed by atoms with Gasteiger partial charge in [0.05, 0.1) is 12.1 Å². The van der Waals surface area contributed by atoms with Gasteiger partial charge in [0, 0.05) is 35.7 Å². The van der Waals surface area contributed by atoms with Gasteiger partial charge in [0.2, 0.25) is 5.88 Å². The van der Waals surface area contributed by atoms with Gasteiger partial charge < -0.3 is 9.84 Å². The number of pyridine rings is 2. The zero-order chi connectivity index (χ0) is 27.4. The summed E-state index contributed by atoms with van der Waals surface area (Å²) in [6, 6.07) is 5.16. The third kappa shape index (κ3) is 5.82. The Bertz CT molecular complexity index is 1250. The predicted octanol–water partition coefficient (Wildman–Crippen LogP) is 5.19. The van der Waals surface area contributed by atoms with Crippen molar-refractivity contribution in [2.24, 2.45) is 5.22 Å². The van der Waals surface area contributed by atoms with Gasteiger partial charge in [-0.25, -0.2) is 18.8 Å². The van der Waals surface area contributed by atoms with E-state index in [1.807, 2.05) is 0 Å². The Morgan fingerprint density at radius 2 is 1.73 bits per heavy atom. The maximum Gasteiger partial charge on any atom is 0.417 e. The van der Waals surface area contributed by atoms with Crippen LogP contribution < -0.4 is 4.74 Å². The first kappa shape index (κ1) is 27.4. The van der Waals surface area contributed by atoms with Crippen LogP contribution in [0, 0.1) is 22.6 Å². The smallest absolute Gasteiger partial charge is 0.417 e. The molecule has 8 nitrogen and oxygen atoms in total. The summed E-state index contributed by atoms with van der Waals surface area (Å²) >= 11 is 0. The second kappa shape index (κ2) is 10.5. The molecule has 15 heteroatoms. The van der Waals surface area contributed by atoms with Crippen LogP contribution in [0.25, 0.3) is 0 Å². The molecule has 3 rings (SSSR count). The molecule has 0 aliphatic carbocycles. The number of ether oxygens (including phenoxy) is 1. The molecule has 1 aromatic carbocycles. The Morgan fingerprint density at radius 3 is 2.24 bits per heavy atom. The van der Waals surface area contributed by atoms with Crippen LogP contribution in [0.15, 0.2) is 60.1 Å². The molecule has 196 valence electrons. The van der Waals surface area contributed by atoms with E-state index < -0.39 is 52.7 Å². The van der Waals surface area contributed by atoms with Crippen molar-refractivity contribution in [2.75, 3.05) is 6.54 Å². The van der Waals surface area contributed by atoms with Crippen molar-refractivity contribution in [3.8, 4) is 5.88 Å². The highest BCUT2D eigenvalue weighted by Crippen LogP contribution is 2.46. The van der Waals surface area contributed by atoms with Crippen molar-refractivity contribution < 1.29 is 40.6 Å². The predicted molar refractivity (Wildman–Crippen MR) is 113 cm³/mol. The highest BCUT2D eigenvalue weighted by molar-refractivity contribution is 5.50. The number of aliphatic hydroxyl groups is 1. The van der Waals surface area contributed by atoms with Gasteiger partial charge in [0.15, 0.2) is 5.60 Å². The number of benzene rings is 1. The van der Waals surface area contributed by atoms with E-state index in [2.05, 4.69) is 15.2 Å². The zero-order valence-electron chi connectivity index (χ0n) is 18.5. The zero-order valence-corrected chi connectivity index (χ0v) is 18.5. The summed E-state index contributed by atoms with van der Waals surface area (Å²) in [4.78, 5) is 7.11. The first-order valence-electron chi connectivity index (χ1n) is 10.1. The van der Waals surface area contributed by atoms with Crippen molar-refractivity contribution in [1.29, 1.82) is 10.9 Å². The quantitative estimate of drug-likeness (QED) is 0.110. The fourth-order valence-electron chi connectivity index (χ4n) is 3.22. The highest BCUT2D eigenvalue weighted by atomic mass is 19.4. The summed E-state index contributed by atoms with van der Waals surface area (Å²) in [5.74, 6) is -7.13. The van der Waals surface area contributed by atoms with E-state index in [-0.39, 0.29) is 24.1 Å². The third-order valence-electron chi connectivity index (χ3n) is 5.16. The fraction of sp³-hybridized carbons (Fsp3) is 0.227. The van der Waals surface area contributed by atoms with E-state index in [9.17, 15) is 27.1 Å². The largest absolute Gasteiger partial charge is 0.473 e. The molecule has 0 saturated carbocycles. The topological polar surface area (TPSA) is 119 Å². The maximum atomic E-state index is 15.6. The molecule has 0 radical (unpaired) electrons. The van der Waals surface area contributed by atoms with Crippen LogP contribution in [0.5, 0.6) is 5.88 Å². The second-order valence-corrected chi connectivity index (χ2v) is 7.61. The van der Waals surface area contributed by atoms with Gasteiger partial charge in [-0.3, -0.25) is 10.4 Å². The van der Waals surface area contributed by atoms with Gasteiger partial charge >= 0.3 is 12.1 Å². The Hall–Kier alpha value is -4.14. The van der Waals surface area contributed by atoms with Crippen LogP contribution in [0.1, 0.15) is 22.4 Å². The molecular weight excluding hydrogens is 513 g/mol. The number of hydrogen-bond acceptors (Lipinski definition) is 7. The minimum absolute atomic E-state index is 0.172. The maximum absolute atomic E-state index is 15.6. The second-order valence-electron chi connectivity index (χ2n) is 7.61. The molecule has 0 spiro atoms. The van der Waals surface area contributed by atoms with Crippen molar-refractivity contribution in [2.45, 2.75) is 24.3 Å². The van der Waals surface area contributed by atoms with E-state index in [1.165, 1.54) is 0 Å². The fourth-order valence-corrected chi connectivity index (χ4v) is 3.22. The first-order chi connectivity index (χ1) is 17.3. The lowest BCUT2D eigenvalue weighted by Gasteiger charge is -2.37. The van der Waals surface area contributed by atoms with Crippen LogP contribution in [-0.2, 0) is 24.3 Å². The van der Waals surface area contributed by atoms with Gasteiger partial charge in [-0.15, -0.1) is 0 Å². The molecule has 0 aliphatic rings. The van der Waals surface area contributed by atoms with Crippen LogP contribution in [0.2, 0.25) is 0 Å². The summed E-state index contributed by atoms with van der Waals surface area (Å²) in [5.41, 5.74) is 0.655. The number of nitrogens with one attached hydrogen (secondary N) is 2. The number of aromatic nitrogens is 2. The lowest BCUT2D eigenvalue weighted by molar-refractivity contribution is -0.204. The summed E-state index contributed by atoms with van der Waals surface area (Å²) < 4.78 is 102. The van der Waals surface area contributed by atoms with E-state index in [0.29, 0.717) is 29.7 Å². The molecule has 0 bridgehead atoms. The third-order valence-corrected chi connectivity index (χ3v) is 5.16. The minimum Gasteiger partial charge on any atom is -0.473 e. The van der Waals surface area contributed by atoms with Gasteiger partial charge in [-0.2, -0.15) is 27.5 Å². The standard InChI is InChI=1S/C22H17F7N6O2/c23-15-3-4-16(17(24)7-15)20(36,11-35(12-30)34-31)21(25,26)18-5-1-13(8-32-18)10-37-19-6-2-14(9-33-19)22(27,28)29/h1-9,12,30-31,36H,10-11H2. The number of nitrogens with zero attached hydrogens (tertiary/aromatic N) is 4. The number of hydrogen-bond donors (Lipinski definition) is 3. The molecule has 2 heterocycles. The van der Waals surface area contributed by atoms with E-state index in [0.717, 1.165) is 30.5 Å². The molecule has 3 aromatic rings. The Labute approximate surface area is 204 Å². The summed E-state index contributed by atoms with van der Waals surface area (Å²) in [6.45, 7) is -1.57. The lowest BCUT2D eigenvalue weighted by atomic mass is 9.84. The Balaban J connectivity index is 1.87. The molecular formula is C22H17F7N6O2. The first-order valence-corrected chi connectivity index (χ1v) is 10.1. The number of rotatable bonds is 10. The minimum atomic E-state index is -4.58.